The van der Waals surface area contributed by atoms with Crippen molar-refractivity contribution < 1.29 is 4.63 Å². The highest BCUT2D eigenvalue weighted by Crippen LogP contribution is 2.02. The standard InChI is InChI=1S/C8H8N5/c1-11-7-8(10-4-3-9-7)12-5-2-6-13(11)12/h2-6H,1H3/q+1. The molecule has 0 aromatic carbocycles. The molecule has 3 aromatic rings. The molecule has 5 heteroatoms. The minimum absolute atomic E-state index is 0.870. The Balaban J connectivity index is 2.72. The fourth-order valence-electron chi connectivity index (χ4n) is 1.56. The number of hydrogen-bond acceptors (Lipinski definition) is 2. The predicted molar refractivity (Wildman–Crippen MR) is 45.1 cm³/mol. The Labute approximate surface area is 73.8 Å². The second-order valence-electron chi connectivity index (χ2n) is 2.88. The zero-order valence-corrected chi connectivity index (χ0v) is 7.12. The van der Waals surface area contributed by atoms with Crippen LogP contribution in [0.2, 0.25) is 0 Å². The van der Waals surface area contributed by atoms with Crippen molar-refractivity contribution in [2.24, 2.45) is 7.05 Å². The first kappa shape index (κ1) is 6.59. The van der Waals surface area contributed by atoms with Gasteiger partial charge in [-0.1, -0.05) is 4.52 Å². The highest BCUT2D eigenvalue weighted by atomic mass is 15.6. The summed E-state index contributed by atoms with van der Waals surface area (Å²) in [4.78, 5) is 8.51. The minimum atomic E-state index is 0.870. The van der Waals surface area contributed by atoms with Gasteiger partial charge in [-0.25, -0.2) is 9.97 Å². The number of aryl methyl sites for hydroxylation is 1. The molecule has 0 atom stereocenters. The SMILES string of the molecule is Cn1c2nccnc2n2ccc[n+]12. The van der Waals surface area contributed by atoms with Crippen molar-refractivity contribution in [1.82, 2.24) is 19.2 Å². The molecular formula is C8H8N5+. The smallest absolute Gasteiger partial charge is 0.229 e. The van der Waals surface area contributed by atoms with Gasteiger partial charge in [-0.2, -0.15) is 0 Å². The van der Waals surface area contributed by atoms with Crippen LogP contribution in [0, 0.1) is 0 Å². The van der Waals surface area contributed by atoms with Crippen LogP contribution in [-0.4, -0.2) is 19.2 Å². The fraction of sp³-hybridized carbons (Fsp3) is 0.125. The lowest BCUT2D eigenvalue weighted by atomic mass is 10.6. The third-order valence-corrected chi connectivity index (χ3v) is 2.16. The van der Waals surface area contributed by atoms with Crippen molar-refractivity contribution in [3.8, 4) is 0 Å². The van der Waals surface area contributed by atoms with Crippen LogP contribution in [0.5, 0.6) is 0 Å². The van der Waals surface area contributed by atoms with Crippen LogP contribution in [0.1, 0.15) is 0 Å². The molecule has 0 aliphatic heterocycles. The van der Waals surface area contributed by atoms with Gasteiger partial charge in [0.1, 0.15) is 0 Å². The lowest BCUT2D eigenvalue weighted by molar-refractivity contribution is -0.694. The summed E-state index contributed by atoms with van der Waals surface area (Å²) in [6.45, 7) is 0. The number of aromatic nitrogens is 5. The fourth-order valence-corrected chi connectivity index (χ4v) is 1.56. The van der Waals surface area contributed by atoms with Gasteiger partial charge in [0.05, 0.1) is 13.2 Å². The molecular weight excluding hydrogens is 166 g/mol. The van der Waals surface area contributed by atoms with E-state index in [1.54, 1.807) is 12.4 Å². The third kappa shape index (κ3) is 0.683. The summed E-state index contributed by atoms with van der Waals surface area (Å²) in [7, 11) is 1.96. The van der Waals surface area contributed by atoms with E-state index in [9.17, 15) is 0 Å². The third-order valence-electron chi connectivity index (χ3n) is 2.16. The Bertz CT molecular complexity index is 576. The van der Waals surface area contributed by atoms with Crippen LogP contribution in [0.25, 0.3) is 11.3 Å². The second-order valence-corrected chi connectivity index (χ2v) is 2.88. The van der Waals surface area contributed by atoms with E-state index in [1.165, 1.54) is 0 Å². The van der Waals surface area contributed by atoms with Gasteiger partial charge in [-0.05, 0) is 0 Å². The van der Waals surface area contributed by atoms with Crippen LogP contribution in [0.3, 0.4) is 0 Å². The van der Waals surface area contributed by atoms with Gasteiger partial charge in [0.25, 0.3) is 0 Å². The van der Waals surface area contributed by atoms with Gasteiger partial charge in [0.15, 0.2) is 0 Å². The summed E-state index contributed by atoms with van der Waals surface area (Å²) in [5.74, 6) is 0. The lowest BCUT2D eigenvalue weighted by Gasteiger charge is -1.83. The second kappa shape index (κ2) is 2.07. The Kier molecular flexibility index (Phi) is 1.05. The molecule has 64 valence electrons. The maximum absolute atomic E-state index is 4.26. The summed E-state index contributed by atoms with van der Waals surface area (Å²) in [5, 5.41) is 0. The molecule has 5 nitrogen and oxygen atoms in total. The zero-order chi connectivity index (χ0) is 8.84. The van der Waals surface area contributed by atoms with Crippen LogP contribution in [0.4, 0.5) is 0 Å². The summed E-state index contributed by atoms with van der Waals surface area (Å²) in [6, 6.07) is 1.97. The van der Waals surface area contributed by atoms with Crippen molar-refractivity contribution in [1.29, 1.82) is 0 Å². The molecule has 3 aromatic heterocycles. The van der Waals surface area contributed by atoms with Gasteiger partial charge in [-0.15, -0.1) is 4.68 Å². The average Bonchev–Trinajstić information content (AvgIpc) is 2.72. The maximum atomic E-state index is 4.26. The van der Waals surface area contributed by atoms with Crippen molar-refractivity contribution >= 4 is 11.3 Å². The van der Waals surface area contributed by atoms with E-state index < -0.39 is 0 Å². The summed E-state index contributed by atoms with van der Waals surface area (Å²) in [5.41, 5.74) is 1.75. The van der Waals surface area contributed by atoms with Crippen molar-refractivity contribution in [2.45, 2.75) is 0 Å². The van der Waals surface area contributed by atoms with Gasteiger partial charge >= 0.3 is 0 Å². The topological polar surface area (TPSA) is 39.2 Å². The largest absolute Gasteiger partial charge is 0.245 e. The van der Waals surface area contributed by atoms with E-state index in [4.69, 9.17) is 0 Å². The summed E-state index contributed by atoms with van der Waals surface area (Å²) in [6.07, 6.45) is 7.31. The summed E-state index contributed by atoms with van der Waals surface area (Å²) < 4.78 is 5.84. The van der Waals surface area contributed by atoms with Crippen molar-refractivity contribution in [2.75, 3.05) is 0 Å². The van der Waals surface area contributed by atoms with Gasteiger partial charge in [-0.3, -0.25) is 0 Å². The van der Waals surface area contributed by atoms with Crippen molar-refractivity contribution in [3.63, 3.8) is 0 Å². The monoisotopic (exact) mass is 174 g/mol. The van der Waals surface area contributed by atoms with E-state index in [1.807, 2.05) is 39.3 Å². The van der Waals surface area contributed by atoms with Crippen LogP contribution in [0.15, 0.2) is 30.9 Å². The highest BCUT2D eigenvalue weighted by Gasteiger charge is 2.15. The van der Waals surface area contributed by atoms with Gasteiger partial charge in [0.2, 0.25) is 17.5 Å². The van der Waals surface area contributed by atoms with Crippen LogP contribution < -0.4 is 4.63 Å². The molecule has 0 unspecified atom stereocenters. The summed E-state index contributed by atoms with van der Waals surface area (Å²) >= 11 is 0. The first-order valence-electron chi connectivity index (χ1n) is 4.02. The van der Waals surface area contributed by atoms with Crippen LogP contribution in [-0.2, 0) is 7.05 Å². The quantitative estimate of drug-likeness (QED) is 0.443. The minimum Gasteiger partial charge on any atom is -0.229 e. The number of rotatable bonds is 0. The molecule has 3 rings (SSSR count). The number of fused-ring (bicyclic) bond motifs is 3. The Morgan fingerprint density at radius 3 is 2.85 bits per heavy atom. The maximum Gasteiger partial charge on any atom is 0.245 e. The molecule has 0 spiro atoms. The van der Waals surface area contributed by atoms with E-state index >= 15 is 0 Å². The first-order chi connectivity index (χ1) is 6.38. The molecule has 0 aliphatic rings. The molecule has 0 amide bonds. The molecule has 0 aliphatic carbocycles. The Morgan fingerprint density at radius 2 is 2.00 bits per heavy atom. The van der Waals surface area contributed by atoms with Gasteiger partial charge in [0, 0.05) is 23.1 Å². The zero-order valence-electron chi connectivity index (χ0n) is 7.12. The van der Waals surface area contributed by atoms with E-state index in [0.717, 1.165) is 11.3 Å². The average molecular weight is 174 g/mol. The molecule has 13 heavy (non-hydrogen) atoms. The predicted octanol–water partition coefficient (Wildman–Crippen LogP) is -0.194. The molecule has 0 fully saturated rings. The first-order valence-corrected chi connectivity index (χ1v) is 4.02. The Morgan fingerprint density at radius 1 is 1.23 bits per heavy atom. The van der Waals surface area contributed by atoms with Crippen LogP contribution >= 0.6 is 0 Å². The lowest BCUT2D eigenvalue weighted by Crippen LogP contribution is -2.33. The molecule has 0 radical (unpaired) electrons. The van der Waals surface area contributed by atoms with E-state index in [-0.39, 0.29) is 0 Å². The number of nitrogens with zero attached hydrogens (tertiary/aromatic N) is 5. The highest BCUT2D eigenvalue weighted by molar-refractivity contribution is 5.63. The molecule has 0 saturated heterocycles. The van der Waals surface area contributed by atoms with Gasteiger partial charge < -0.3 is 0 Å². The molecule has 0 saturated carbocycles. The normalized spacial score (nSPS) is 11.5. The molecule has 3 heterocycles. The molecule has 0 bridgehead atoms. The number of hydrogen-bond donors (Lipinski definition) is 0. The Hall–Kier alpha value is -1.91. The molecule has 0 N–H and O–H groups in total. The van der Waals surface area contributed by atoms with E-state index in [2.05, 4.69) is 9.97 Å². The van der Waals surface area contributed by atoms with Crippen molar-refractivity contribution in [3.05, 3.63) is 30.9 Å². The van der Waals surface area contributed by atoms with E-state index in [0.29, 0.717) is 0 Å².